The second-order valence-electron chi connectivity index (χ2n) is 8.08. The van der Waals surface area contributed by atoms with Gasteiger partial charge in [0.2, 0.25) is 0 Å². The quantitative estimate of drug-likeness (QED) is 0.264. The van der Waals surface area contributed by atoms with Crippen LogP contribution in [0.15, 0.2) is 60.2 Å². The topological polar surface area (TPSA) is 87.1 Å². The fourth-order valence-corrected chi connectivity index (χ4v) is 4.61. The Morgan fingerprint density at radius 1 is 0.941 bits per heavy atom. The van der Waals surface area contributed by atoms with Gasteiger partial charge in [-0.15, -0.1) is 0 Å². The summed E-state index contributed by atoms with van der Waals surface area (Å²) in [5.74, 6) is -1.77. The van der Waals surface area contributed by atoms with Crippen molar-refractivity contribution in [1.82, 2.24) is 0 Å². The van der Waals surface area contributed by atoms with Gasteiger partial charge < -0.3 is 14.9 Å². The van der Waals surface area contributed by atoms with Crippen LogP contribution in [0.3, 0.4) is 0 Å². The van der Waals surface area contributed by atoms with Crippen molar-refractivity contribution in [3.8, 4) is 11.5 Å². The maximum atomic E-state index is 13.3. The van der Waals surface area contributed by atoms with Gasteiger partial charge in [-0.2, -0.15) is 0 Å². The molecule has 1 aliphatic heterocycles. The molecule has 1 atom stereocenters. The summed E-state index contributed by atoms with van der Waals surface area (Å²) in [5, 5.41) is 21.4. The molecule has 0 aromatic heterocycles. The largest absolute Gasteiger partial charge is 0.507 e. The van der Waals surface area contributed by atoms with Crippen LogP contribution >= 0.6 is 23.2 Å². The SMILES string of the molecule is COc1ccc(/C(O)=C2/C(=O)C(=O)N(c3cc(C)cc(C)c3)C2c2ccc(O)c(Cl)c2)cc1Cl. The van der Waals surface area contributed by atoms with Crippen LogP contribution in [0.4, 0.5) is 5.69 Å². The molecule has 0 radical (unpaired) electrons. The number of aliphatic hydroxyl groups excluding tert-OH is 1. The van der Waals surface area contributed by atoms with E-state index >= 15 is 0 Å². The first-order chi connectivity index (χ1) is 16.1. The first-order valence-corrected chi connectivity index (χ1v) is 11.1. The van der Waals surface area contributed by atoms with Crippen LogP contribution in [0.2, 0.25) is 10.0 Å². The summed E-state index contributed by atoms with van der Waals surface area (Å²) >= 11 is 12.4. The summed E-state index contributed by atoms with van der Waals surface area (Å²) in [6.45, 7) is 3.78. The fraction of sp³-hybridized carbons (Fsp3) is 0.154. The highest BCUT2D eigenvalue weighted by atomic mass is 35.5. The summed E-state index contributed by atoms with van der Waals surface area (Å²) in [4.78, 5) is 27.9. The third kappa shape index (κ3) is 4.11. The number of phenolic OH excluding ortho intramolecular Hbond substituents is 1. The van der Waals surface area contributed by atoms with Crippen molar-refractivity contribution < 1.29 is 24.5 Å². The van der Waals surface area contributed by atoms with E-state index < -0.39 is 17.7 Å². The van der Waals surface area contributed by atoms with E-state index in [1.165, 1.54) is 30.2 Å². The number of benzene rings is 3. The van der Waals surface area contributed by atoms with Crippen molar-refractivity contribution in [2.24, 2.45) is 0 Å². The minimum absolute atomic E-state index is 0.0519. The van der Waals surface area contributed by atoms with Gasteiger partial charge in [0.1, 0.15) is 17.3 Å². The summed E-state index contributed by atoms with van der Waals surface area (Å²) in [5.41, 5.74) is 2.89. The number of methoxy groups -OCH3 is 1. The predicted molar refractivity (Wildman–Crippen MR) is 132 cm³/mol. The van der Waals surface area contributed by atoms with E-state index in [2.05, 4.69) is 0 Å². The number of ether oxygens (including phenoxy) is 1. The van der Waals surface area contributed by atoms with Crippen molar-refractivity contribution in [2.45, 2.75) is 19.9 Å². The lowest BCUT2D eigenvalue weighted by atomic mass is 9.94. The molecular formula is C26H21Cl2NO5. The van der Waals surface area contributed by atoms with E-state index in [0.717, 1.165) is 11.1 Å². The Balaban J connectivity index is 1.98. The maximum Gasteiger partial charge on any atom is 0.300 e. The molecule has 0 bridgehead atoms. The standard InChI is InChI=1S/C26H21Cl2NO5/c1-13-8-14(2)10-17(9-13)29-23(15-4-6-20(30)18(27)11-15)22(25(32)26(29)33)24(31)16-5-7-21(34-3)19(28)12-16/h4-12,23,30-31H,1-3H3/b24-22-. The molecule has 1 heterocycles. The molecule has 1 amide bonds. The number of aliphatic hydroxyl groups is 1. The van der Waals surface area contributed by atoms with Gasteiger partial charge in [0.05, 0.1) is 28.8 Å². The van der Waals surface area contributed by atoms with Crippen LogP contribution in [0.1, 0.15) is 28.3 Å². The maximum absolute atomic E-state index is 13.3. The number of carbonyl (C=O) groups excluding carboxylic acids is 2. The van der Waals surface area contributed by atoms with Crippen LogP contribution < -0.4 is 9.64 Å². The Bertz CT molecular complexity index is 1350. The molecule has 4 rings (SSSR count). The van der Waals surface area contributed by atoms with E-state index in [1.807, 2.05) is 19.9 Å². The normalized spacial score (nSPS) is 17.3. The van der Waals surface area contributed by atoms with Crippen molar-refractivity contribution >= 4 is 46.3 Å². The van der Waals surface area contributed by atoms with Crippen LogP contribution in [-0.4, -0.2) is 29.0 Å². The number of aryl methyl sites for hydroxylation is 2. The minimum Gasteiger partial charge on any atom is -0.507 e. The third-order valence-electron chi connectivity index (χ3n) is 5.64. The Labute approximate surface area is 206 Å². The molecule has 0 saturated carbocycles. The molecule has 34 heavy (non-hydrogen) atoms. The number of anilines is 1. The molecule has 174 valence electrons. The number of rotatable bonds is 4. The highest BCUT2D eigenvalue weighted by molar-refractivity contribution is 6.51. The molecule has 6 nitrogen and oxygen atoms in total. The Morgan fingerprint density at radius 2 is 1.62 bits per heavy atom. The number of carbonyl (C=O) groups is 2. The van der Waals surface area contributed by atoms with Gasteiger partial charge in [0.15, 0.2) is 0 Å². The Morgan fingerprint density at radius 3 is 2.21 bits per heavy atom. The van der Waals surface area contributed by atoms with Crippen molar-refractivity contribution in [2.75, 3.05) is 12.0 Å². The molecule has 0 spiro atoms. The lowest BCUT2D eigenvalue weighted by Crippen LogP contribution is -2.29. The third-order valence-corrected chi connectivity index (χ3v) is 6.24. The number of aromatic hydroxyl groups is 1. The van der Waals surface area contributed by atoms with Crippen molar-refractivity contribution in [3.05, 3.63) is 92.5 Å². The van der Waals surface area contributed by atoms with E-state index in [1.54, 1.807) is 30.3 Å². The smallest absolute Gasteiger partial charge is 0.300 e. The van der Waals surface area contributed by atoms with Gasteiger partial charge in [0, 0.05) is 11.3 Å². The highest BCUT2D eigenvalue weighted by Crippen LogP contribution is 2.44. The van der Waals surface area contributed by atoms with Crippen LogP contribution in [0.25, 0.3) is 5.76 Å². The Hall–Kier alpha value is -3.48. The van der Waals surface area contributed by atoms with Gasteiger partial charge >= 0.3 is 0 Å². The van der Waals surface area contributed by atoms with Gasteiger partial charge in [-0.25, -0.2) is 0 Å². The van der Waals surface area contributed by atoms with Gasteiger partial charge in [-0.05, 0) is 73.0 Å². The van der Waals surface area contributed by atoms with Gasteiger partial charge in [0.25, 0.3) is 11.7 Å². The predicted octanol–water partition coefficient (Wildman–Crippen LogP) is 5.95. The van der Waals surface area contributed by atoms with Gasteiger partial charge in [-0.1, -0.05) is 35.3 Å². The molecule has 2 N–H and O–H groups in total. The van der Waals surface area contributed by atoms with Crippen LogP contribution in [0.5, 0.6) is 11.5 Å². The number of Topliss-reactive ketones (excluding diaryl/α,β-unsaturated/α-hetero) is 1. The van der Waals surface area contributed by atoms with Crippen LogP contribution in [0, 0.1) is 13.8 Å². The van der Waals surface area contributed by atoms with Crippen molar-refractivity contribution in [1.29, 1.82) is 0 Å². The zero-order chi connectivity index (χ0) is 24.7. The van der Waals surface area contributed by atoms with E-state index in [0.29, 0.717) is 17.0 Å². The molecule has 1 fully saturated rings. The minimum atomic E-state index is -0.986. The molecule has 0 aliphatic carbocycles. The molecule has 3 aromatic carbocycles. The average Bonchev–Trinajstić information content (AvgIpc) is 3.05. The lowest BCUT2D eigenvalue weighted by Gasteiger charge is -2.26. The van der Waals surface area contributed by atoms with Gasteiger partial charge in [-0.3, -0.25) is 14.5 Å². The molecule has 8 heteroatoms. The summed E-state index contributed by atoms with van der Waals surface area (Å²) in [6.07, 6.45) is 0. The molecular weight excluding hydrogens is 477 g/mol. The second-order valence-corrected chi connectivity index (χ2v) is 8.89. The van der Waals surface area contributed by atoms with Crippen molar-refractivity contribution in [3.63, 3.8) is 0 Å². The number of halogens is 2. The molecule has 3 aromatic rings. The fourth-order valence-electron chi connectivity index (χ4n) is 4.17. The monoisotopic (exact) mass is 497 g/mol. The highest BCUT2D eigenvalue weighted by Gasteiger charge is 2.47. The van der Waals surface area contributed by atoms with E-state index in [-0.39, 0.29) is 32.7 Å². The summed E-state index contributed by atoms with van der Waals surface area (Å²) < 4.78 is 5.16. The number of hydrogen-bond acceptors (Lipinski definition) is 5. The summed E-state index contributed by atoms with van der Waals surface area (Å²) in [7, 11) is 1.46. The lowest BCUT2D eigenvalue weighted by molar-refractivity contribution is -0.132. The first-order valence-electron chi connectivity index (χ1n) is 10.3. The molecule has 1 aliphatic rings. The second kappa shape index (κ2) is 9.05. The molecule has 1 unspecified atom stereocenters. The zero-order valence-electron chi connectivity index (χ0n) is 18.6. The first kappa shape index (κ1) is 23.7. The number of amides is 1. The number of nitrogens with zero attached hydrogens (tertiary/aromatic N) is 1. The Kier molecular flexibility index (Phi) is 6.30. The number of hydrogen-bond donors (Lipinski definition) is 2. The van der Waals surface area contributed by atoms with Crippen LogP contribution in [-0.2, 0) is 9.59 Å². The average molecular weight is 498 g/mol. The van der Waals surface area contributed by atoms with E-state index in [4.69, 9.17) is 27.9 Å². The zero-order valence-corrected chi connectivity index (χ0v) is 20.1. The number of ketones is 1. The molecule has 1 saturated heterocycles. The number of phenols is 1. The summed E-state index contributed by atoms with van der Waals surface area (Å²) in [6, 6.07) is 13.5. The van der Waals surface area contributed by atoms with E-state index in [9.17, 15) is 19.8 Å².